The van der Waals surface area contributed by atoms with Crippen LogP contribution in [-0.2, 0) is 10.0 Å². The SMILES string of the molecule is NS(=O)(=O)c1ccc(-c2sc3ccccc3c(=O)c2-c2ccc3c(c2)OCCO3)cc1. The van der Waals surface area contributed by atoms with E-state index in [1.54, 1.807) is 18.2 Å². The standard InChI is InChI=1S/C23H17NO5S2/c24-31(26,27)16-8-5-14(6-9-16)23-21(22(25)17-3-1-2-4-20(17)30-23)15-7-10-18-19(13-15)29-12-11-28-18/h1-10,13H,11-12H2,(H2,24,26,27). The fraction of sp³-hybridized carbons (Fsp3) is 0.0870. The third kappa shape index (κ3) is 3.59. The average molecular weight is 452 g/mol. The van der Waals surface area contributed by atoms with Crippen LogP contribution in [0, 0.1) is 0 Å². The molecule has 3 aromatic carbocycles. The zero-order valence-electron chi connectivity index (χ0n) is 16.2. The van der Waals surface area contributed by atoms with E-state index in [0.717, 1.165) is 15.1 Å². The zero-order chi connectivity index (χ0) is 21.6. The zero-order valence-corrected chi connectivity index (χ0v) is 17.8. The first-order chi connectivity index (χ1) is 14.9. The molecule has 1 aromatic heterocycles. The van der Waals surface area contributed by atoms with Gasteiger partial charge in [0.15, 0.2) is 16.9 Å². The quantitative estimate of drug-likeness (QED) is 0.508. The molecule has 0 radical (unpaired) electrons. The van der Waals surface area contributed by atoms with Crippen molar-refractivity contribution < 1.29 is 17.9 Å². The highest BCUT2D eigenvalue weighted by molar-refractivity contribution is 7.89. The molecule has 6 nitrogen and oxygen atoms in total. The van der Waals surface area contributed by atoms with Gasteiger partial charge in [0, 0.05) is 20.5 Å². The summed E-state index contributed by atoms with van der Waals surface area (Å²) in [5.74, 6) is 1.24. The Morgan fingerprint density at radius 2 is 1.52 bits per heavy atom. The van der Waals surface area contributed by atoms with Crippen LogP contribution in [0.15, 0.2) is 76.4 Å². The third-order valence-electron chi connectivity index (χ3n) is 5.07. The largest absolute Gasteiger partial charge is 0.486 e. The van der Waals surface area contributed by atoms with Crippen molar-refractivity contribution in [3.05, 3.63) is 77.0 Å². The molecule has 2 heterocycles. The van der Waals surface area contributed by atoms with Gasteiger partial charge in [-0.05, 0) is 47.5 Å². The van der Waals surface area contributed by atoms with Crippen LogP contribution >= 0.6 is 11.3 Å². The lowest BCUT2D eigenvalue weighted by atomic mass is 10.00. The van der Waals surface area contributed by atoms with Gasteiger partial charge in [-0.1, -0.05) is 30.3 Å². The van der Waals surface area contributed by atoms with Crippen molar-refractivity contribution in [1.82, 2.24) is 0 Å². The molecular formula is C23H17NO5S2. The van der Waals surface area contributed by atoms with E-state index in [1.807, 2.05) is 36.4 Å². The Bertz CT molecular complexity index is 1470. The first-order valence-electron chi connectivity index (χ1n) is 9.51. The number of sulfonamides is 1. The van der Waals surface area contributed by atoms with Crippen LogP contribution in [0.5, 0.6) is 11.5 Å². The summed E-state index contributed by atoms with van der Waals surface area (Å²) in [6.07, 6.45) is 0. The maximum Gasteiger partial charge on any atom is 0.238 e. The van der Waals surface area contributed by atoms with E-state index in [9.17, 15) is 13.2 Å². The number of nitrogens with two attached hydrogens (primary N) is 1. The average Bonchev–Trinajstić information content (AvgIpc) is 2.78. The van der Waals surface area contributed by atoms with Gasteiger partial charge in [0.25, 0.3) is 0 Å². The summed E-state index contributed by atoms with van der Waals surface area (Å²) in [5.41, 5.74) is 1.87. The van der Waals surface area contributed by atoms with Crippen molar-refractivity contribution in [1.29, 1.82) is 0 Å². The lowest BCUT2D eigenvalue weighted by Crippen LogP contribution is -2.15. The molecule has 0 saturated heterocycles. The Morgan fingerprint density at radius 1 is 0.839 bits per heavy atom. The van der Waals surface area contributed by atoms with Crippen molar-refractivity contribution in [2.24, 2.45) is 5.14 Å². The highest BCUT2D eigenvalue weighted by Gasteiger charge is 2.20. The van der Waals surface area contributed by atoms with Gasteiger partial charge in [-0.2, -0.15) is 0 Å². The monoisotopic (exact) mass is 451 g/mol. The van der Waals surface area contributed by atoms with Gasteiger partial charge in [0.2, 0.25) is 10.0 Å². The van der Waals surface area contributed by atoms with E-state index in [4.69, 9.17) is 14.6 Å². The summed E-state index contributed by atoms with van der Waals surface area (Å²) < 4.78 is 35.4. The van der Waals surface area contributed by atoms with Crippen LogP contribution < -0.4 is 20.0 Å². The summed E-state index contributed by atoms with van der Waals surface area (Å²) in [5, 5.41) is 5.86. The van der Waals surface area contributed by atoms with Crippen molar-refractivity contribution >= 4 is 31.4 Å². The Balaban J connectivity index is 1.77. The third-order valence-corrected chi connectivity index (χ3v) is 7.22. The molecule has 0 atom stereocenters. The minimum atomic E-state index is -3.81. The topological polar surface area (TPSA) is 95.7 Å². The lowest BCUT2D eigenvalue weighted by molar-refractivity contribution is 0.171. The molecule has 2 N–H and O–H groups in total. The summed E-state index contributed by atoms with van der Waals surface area (Å²) in [7, 11) is -3.81. The van der Waals surface area contributed by atoms with Crippen molar-refractivity contribution in [3.63, 3.8) is 0 Å². The molecule has 0 spiro atoms. The van der Waals surface area contributed by atoms with E-state index in [-0.39, 0.29) is 10.3 Å². The summed E-state index contributed by atoms with van der Waals surface area (Å²) in [6.45, 7) is 0.932. The van der Waals surface area contributed by atoms with Crippen LogP contribution in [0.4, 0.5) is 0 Å². The molecule has 0 unspecified atom stereocenters. The van der Waals surface area contributed by atoms with E-state index in [1.165, 1.54) is 23.5 Å². The maximum atomic E-state index is 13.5. The Kier molecular flexibility index (Phi) is 4.77. The molecule has 0 amide bonds. The summed E-state index contributed by atoms with van der Waals surface area (Å²) in [6, 6.07) is 19.1. The molecule has 31 heavy (non-hydrogen) atoms. The number of fused-ring (bicyclic) bond motifs is 2. The van der Waals surface area contributed by atoms with Crippen LogP contribution in [-0.4, -0.2) is 21.6 Å². The predicted octanol–water partition coefficient (Wildman–Crippen LogP) is 4.01. The smallest absolute Gasteiger partial charge is 0.238 e. The van der Waals surface area contributed by atoms with E-state index < -0.39 is 10.0 Å². The number of rotatable bonds is 3. The Hall–Kier alpha value is -3.20. The van der Waals surface area contributed by atoms with Crippen LogP contribution in [0.2, 0.25) is 0 Å². The van der Waals surface area contributed by atoms with Crippen molar-refractivity contribution in [2.45, 2.75) is 4.90 Å². The van der Waals surface area contributed by atoms with E-state index in [0.29, 0.717) is 41.2 Å². The van der Waals surface area contributed by atoms with Gasteiger partial charge < -0.3 is 9.47 Å². The van der Waals surface area contributed by atoms with Gasteiger partial charge >= 0.3 is 0 Å². The minimum Gasteiger partial charge on any atom is -0.486 e. The molecule has 8 heteroatoms. The molecule has 0 bridgehead atoms. The van der Waals surface area contributed by atoms with Gasteiger partial charge in [0.1, 0.15) is 13.2 Å². The molecule has 0 aliphatic carbocycles. The van der Waals surface area contributed by atoms with Gasteiger partial charge in [0.05, 0.1) is 4.90 Å². The lowest BCUT2D eigenvalue weighted by Gasteiger charge is -2.19. The van der Waals surface area contributed by atoms with Crippen LogP contribution in [0.25, 0.3) is 31.7 Å². The fourth-order valence-corrected chi connectivity index (χ4v) is 5.32. The van der Waals surface area contributed by atoms with Gasteiger partial charge in [-0.15, -0.1) is 11.3 Å². The second kappa shape index (κ2) is 7.49. The molecule has 1 aliphatic heterocycles. The number of ether oxygens (including phenoxy) is 2. The first-order valence-corrected chi connectivity index (χ1v) is 11.9. The Labute approximate surface area is 182 Å². The maximum absolute atomic E-state index is 13.5. The second-order valence-electron chi connectivity index (χ2n) is 7.06. The second-order valence-corrected chi connectivity index (χ2v) is 9.67. The van der Waals surface area contributed by atoms with Gasteiger partial charge in [-0.25, -0.2) is 13.6 Å². The highest BCUT2D eigenvalue weighted by Crippen LogP contribution is 2.40. The highest BCUT2D eigenvalue weighted by atomic mass is 32.2. The molecular weight excluding hydrogens is 434 g/mol. The predicted molar refractivity (Wildman–Crippen MR) is 121 cm³/mol. The molecule has 4 aromatic rings. The van der Waals surface area contributed by atoms with E-state index >= 15 is 0 Å². The van der Waals surface area contributed by atoms with E-state index in [2.05, 4.69) is 0 Å². The number of hydrogen-bond donors (Lipinski definition) is 1. The molecule has 5 rings (SSSR count). The van der Waals surface area contributed by atoms with Crippen LogP contribution in [0.1, 0.15) is 0 Å². The Morgan fingerprint density at radius 3 is 2.26 bits per heavy atom. The normalized spacial score (nSPS) is 13.3. The molecule has 1 aliphatic rings. The molecule has 156 valence electrons. The van der Waals surface area contributed by atoms with Crippen molar-refractivity contribution in [2.75, 3.05) is 13.2 Å². The summed E-state index contributed by atoms with van der Waals surface area (Å²) >= 11 is 1.47. The first kappa shape index (κ1) is 19.7. The van der Waals surface area contributed by atoms with Crippen molar-refractivity contribution in [3.8, 4) is 33.1 Å². The summed E-state index contributed by atoms with van der Waals surface area (Å²) in [4.78, 5) is 14.3. The fourth-order valence-electron chi connectivity index (χ4n) is 3.60. The number of benzene rings is 3. The molecule has 0 fully saturated rings. The molecule has 0 saturated carbocycles. The number of hydrogen-bond acceptors (Lipinski definition) is 6. The minimum absolute atomic E-state index is 0.0188. The van der Waals surface area contributed by atoms with Crippen LogP contribution in [0.3, 0.4) is 0 Å². The van der Waals surface area contributed by atoms with Gasteiger partial charge in [-0.3, -0.25) is 4.79 Å². The number of primary sulfonamides is 1.